The quantitative estimate of drug-likeness (QED) is 0.850. The maximum absolute atomic E-state index is 3.59. The lowest BCUT2D eigenvalue weighted by Gasteiger charge is -2.10. The van der Waals surface area contributed by atoms with Crippen LogP contribution in [0.4, 0.5) is 0 Å². The van der Waals surface area contributed by atoms with Crippen LogP contribution < -0.4 is 5.32 Å². The second-order valence-corrected chi connectivity index (χ2v) is 5.16. The van der Waals surface area contributed by atoms with Gasteiger partial charge in [0.1, 0.15) is 0 Å². The van der Waals surface area contributed by atoms with Crippen LogP contribution in [0.3, 0.4) is 0 Å². The van der Waals surface area contributed by atoms with Gasteiger partial charge in [-0.1, -0.05) is 42.5 Å². The predicted octanol–water partition coefficient (Wildman–Crippen LogP) is 3.91. The minimum atomic E-state index is 0.768. The predicted molar refractivity (Wildman–Crippen MR) is 76.5 cm³/mol. The Kier molecular flexibility index (Phi) is 3.16. The van der Waals surface area contributed by atoms with Crippen LogP contribution in [-0.2, 0) is 6.54 Å². The maximum Gasteiger partial charge on any atom is 0.0210 e. The lowest BCUT2D eigenvalue weighted by atomic mass is 10.00. The van der Waals surface area contributed by atoms with Gasteiger partial charge in [-0.05, 0) is 48.1 Å². The summed E-state index contributed by atoms with van der Waals surface area (Å²) in [7, 11) is 0. The molecule has 1 aliphatic carbocycles. The molecule has 18 heavy (non-hydrogen) atoms. The molecule has 1 aliphatic rings. The molecule has 0 amide bonds. The molecule has 0 unspecified atom stereocenters. The van der Waals surface area contributed by atoms with E-state index in [2.05, 4.69) is 60.8 Å². The van der Waals surface area contributed by atoms with Crippen LogP contribution in [0.2, 0.25) is 0 Å². The van der Waals surface area contributed by atoms with Crippen molar-refractivity contribution in [1.29, 1.82) is 0 Å². The molecule has 0 spiro atoms. The molecule has 92 valence electrons. The topological polar surface area (TPSA) is 12.0 Å². The normalized spacial score (nSPS) is 14.7. The first-order valence-electron chi connectivity index (χ1n) is 6.71. The Bertz CT molecular complexity index is 527. The summed E-state index contributed by atoms with van der Waals surface area (Å²) < 4.78 is 0. The van der Waals surface area contributed by atoms with E-state index < -0.39 is 0 Å². The Morgan fingerprint density at radius 2 is 1.78 bits per heavy atom. The summed E-state index contributed by atoms with van der Waals surface area (Å²) in [6, 6.07) is 18.1. The minimum absolute atomic E-state index is 0.768. The van der Waals surface area contributed by atoms with Gasteiger partial charge >= 0.3 is 0 Å². The van der Waals surface area contributed by atoms with Gasteiger partial charge in [-0.3, -0.25) is 0 Å². The molecular weight excluding hydrogens is 218 g/mol. The average molecular weight is 237 g/mol. The van der Waals surface area contributed by atoms with E-state index in [1.807, 2.05) is 0 Å². The second kappa shape index (κ2) is 4.95. The summed E-state index contributed by atoms with van der Waals surface area (Å²) in [5.41, 5.74) is 5.41. The van der Waals surface area contributed by atoms with Crippen LogP contribution in [0, 0.1) is 6.92 Å². The third-order valence-electron chi connectivity index (χ3n) is 3.61. The first kappa shape index (κ1) is 11.5. The molecule has 0 saturated heterocycles. The third-order valence-corrected chi connectivity index (χ3v) is 3.61. The summed E-state index contributed by atoms with van der Waals surface area (Å²) in [5, 5.41) is 3.59. The Morgan fingerprint density at radius 3 is 2.50 bits per heavy atom. The monoisotopic (exact) mass is 237 g/mol. The number of hydrogen-bond acceptors (Lipinski definition) is 1. The van der Waals surface area contributed by atoms with Crippen molar-refractivity contribution >= 4 is 0 Å². The Hall–Kier alpha value is -1.60. The highest BCUT2D eigenvalue weighted by Gasteiger charge is 2.20. The molecule has 0 atom stereocenters. The van der Waals surface area contributed by atoms with Gasteiger partial charge in [0.15, 0.2) is 0 Å². The van der Waals surface area contributed by atoms with Crippen molar-refractivity contribution in [3.63, 3.8) is 0 Å². The molecule has 0 heterocycles. The molecule has 2 aromatic carbocycles. The Balaban J connectivity index is 1.84. The van der Waals surface area contributed by atoms with Crippen LogP contribution in [0.15, 0.2) is 48.5 Å². The smallest absolute Gasteiger partial charge is 0.0210 e. The third kappa shape index (κ3) is 2.62. The van der Waals surface area contributed by atoms with Crippen molar-refractivity contribution in [2.45, 2.75) is 32.4 Å². The van der Waals surface area contributed by atoms with E-state index in [-0.39, 0.29) is 0 Å². The molecule has 1 N–H and O–H groups in total. The highest BCUT2D eigenvalue weighted by Crippen LogP contribution is 2.24. The summed E-state index contributed by atoms with van der Waals surface area (Å²) >= 11 is 0. The van der Waals surface area contributed by atoms with Crippen molar-refractivity contribution in [1.82, 2.24) is 5.32 Å². The van der Waals surface area contributed by atoms with Gasteiger partial charge in [-0.15, -0.1) is 0 Å². The molecular formula is C17H19N. The lowest BCUT2D eigenvalue weighted by Crippen LogP contribution is -2.16. The van der Waals surface area contributed by atoms with Gasteiger partial charge in [0.25, 0.3) is 0 Å². The average Bonchev–Trinajstić information content (AvgIpc) is 3.23. The Morgan fingerprint density at radius 1 is 1.00 bits per heavy atom. The largest absolute Gasteiger partial charge is 0.310 e. The fraction of sp³-hybridized carbons (Fsp3) is 0.294. The number of nitrogens with one attached hydrogen (secondary N) is 1. The zero-order valence-corrected chi connectivity index (χ0v) is 10.8. The maximum atomic E-state index is 3.59. The minimum Gasteiger partial charge on any atom is -0.310 e. The van der Waals surface area contributed by atoms with E-state index in [1.54, 1.807) is 0 Å². The zero-order chi connectivity index (χ0) is 12.4. The highest BCUT2D eigenvalue weighted by molar-refractivity contribution is 5.64. The van der Waals surface area contributed by atoms with Crippen molar-refractivity contribution < 1.29 is 0 Å². The molecule has 0 bridgehead atoms. The molecule has 1 fully saturated rings. The number of benzene rings is 2. The van der Waals surface area contributed by atoms with Crippen LogP contribution >= 0.6 is 0 Å². The first-order valence-corrected chi connectivity index (χ1v) is 6.71. The molecule has 0 aliphatic heterocycles. The second-order valence-electron chi connectivity index (χ2n) is 5.16. The lowest BCUT2D eigenvalue weighted by molar-refractivity contribution is 0.685. The molecule has 1 saturated carbocycles. The van der Waals surface area contributed by atoms with E-state index >= 15 is 0 Å². The van der Waals surface area contributed by atoms with Crippen LogP contribution in [0.1, 0.15) is 24.0 Å². The van der Waals surface area contributed by atoms with Gasteiger partial charge in [-0.2, -0.15) is 0 Å². The molecule has 2 aromatic rings. The van der Waals surface area contributed by atoms with Gasteiger partial charge in [0, 0.05) is 12.6 Å². The van der Waals surface area contributed by atoms with Crippen molar-refractivity contribution in [3.05, 3.63) is 59.7 Å². The highest BCUT2D eigenvalue weighted by atomic mass is 14.9. The molecule has 0 radical (unpaired) electrons. The van der Waals surface area contributed by atoms with Gasteiger partial charge < -0.3 is 5.32 Å². The van der Waals surface area contributed by atoms with Crippen molar-refractivity contribution in [3.8, 4) is 11.1 Å². The summed E-state index contributed by atoms with van der Waals surface area (Å²) in [6.45, 7) is 3.19. The molecule has 1 nitrogen and oxygen atoms in total. The number of aryl methyl sites for hydroxylation is 1. The molecule has 1 heteroatoms. The summed E-state index contributed by atoms with van der Waals surface area (Å²) in [5.74, 6) is 0. The SMILES string of the molecule is Cc1ccc(-c2ccccc2)cc1CNC1CC1. The molecule has 3 rings (SSSR count). The van der Waals surface area contributed by atoms with Gasteiger partial charge in [0.2, 0.25) is 0 Å². The van der Waals surface area contributed by atoms with Crippen LogP contribution in [-0.4, -0.2) is 6.04 Å². The fourth-order valence-electron chi connectivity index (χ4n) is 2.21. The fourth-order valence-corrected chi connectivity index (χ4v) is 2.21. The van der Waals surface area contributed by atoms with E-state index in [4.69, 9.17) is 0 Å². The van der Waals surface area contributed by atoms with Crippen molar-refractivity contribution in [2.75, 3.05) is 0 Å². The zero-order valence-electron chi connectivity index (χ0n) is 10.8. The first-order chi connectivity index (χ1) is 8.83. The van der Waals surface area contributed by atoms with E-state index in [0.29, 0.717) is 0 Å². The summed E-state index contributed by atoms with van der Waals surface area (Å²) in [4.78, 5) is 0. The van der Waals surface area contributed by atoms with Crippen molar-refractivity contribution in [2.24, 2.45) is 0 Å². The van der Waals surface area contributed by atoms with E-state index in [0.717, 1.165) is 12.6 Å². The van der Waals surface area contributed by atoms with E-state index in [1.165, 1.54) is 35.1 Å². The standard InChI is InChI=1S/C17H19N/c1-13-7-8-15(14-5-3-2-4-6-14)11-16(13)12-18-17-9-10-17/h2-8,11,17-18H,9-10,12H2,1H3. The van der Waals surface area contributed by atoms with Gasteiger partial charge in [-0.25, -0.2) is 0 Å². The van der Waals surface area contributed by atoms with Gasteiger partial charge in [0.05, 0.1) is 0 Å². The molecule has 0 aromatic heterocycles. The number of rotatable bonds is 4. The Labute approximate surface area is 109 Å². The van der Waals surface area contributed by atoms with E-state index in [9.17, 15) is 0 Å². The van der Waals surface area contributed by atoms with Crippen LogP contribution in [0.25, 0.3) is 11.1 Å². The van der Waals surface area contributed by atoms with Crippen LogP contribution in [0.5, 0.6) is 0 Å². The summed E-state index contributed by atoms with van der Waals surface area (Å²) in [6.07, 6.45) is 2.69. The number of hydrogen-bond donors (Lipinski definition) is 1.